The molecule has 146 valence electrons. The standard InChI is InChI=1S/C18H10ClF5N2OS/c1-7-17(28-10-5-3-9(19)4-6-10)8(2)26(25-7)18(27)11-12(20)14(22)16(24)15(23)13(11)21/h3-6H,1-2H3. The largest absolute Gasteiger partial charge is 0.284 e. The van der Waals surface area contributed by atoms with Crippen molar-refractivity contribution < 1.29 is 26.7 Å². The zero-order valence-electron chi connectivity index (χ0n) is 14.3. The van der Waals surface area contributed by atoms with Crippen molar-refractivity contribution in [2.75, 3.05) is 0 Å². The lowest BCUT2D eigenvalue weighted by Crippen LogP contribution is -2.21. The third-order valence-electron chi connectivity index (χ3n) is 3.87. The number of benzene rings is 2. The molecule has 10 heteroatoms. The van der Waals surface area contributed by atoms with Crippen molar-refractivity contribution in [2.24, 2.45) is 0 Å². The predicted octanol–water partition coefficient (Wildman–Crippen LogP) is 5.69. The maximum atomic E-state index is 14.0. The molecule has 1 heterocycles. The molecule has 0 unspecified atom stereocenters. The molecule has 0 aliphatic heterocycles. The number of rotatable bonds is 3. The molecule has 0 saturated carbocycles. The molecule has 0 N–H and O–H groups in total. The summed E-state index contributed by atoms with van der Waals surface area (Å²) in [6.45, 7) is 3.00. The molecule has 3 aromatic rings. The first kappa shape index (κ1) is 20.3. The molecule has 3 rings (SSSR count). The number of carbonyl (C=O) groups is 1. The van der Waals surface area contributed by atoms with Gasteiger partial charge in [0, 0.05) is 9.92 Å². The molecule has 0 radical (unpaired) electrons. The van der Waals surface area contributed by atoms with E-state index in [1.165, 1.54) is 18.7 Å². The Kier molecular flexibility index (Phi) is 5.49. The number of hydrogen-bond acceptors (Lipinski definition) is 3. The minimum atomic E-state index is -2.33. The maximum Gasteiger partial charge on any atom is 0.284 e. The first-order valence-electron chi connectivity index (χ1n) is 7.69. The highest BCUT2D eigenvalue weighted by Crippen LogP contribution is 2.34. The van der Waals surface area contributed by atoms with Gasteiger partial charge in [-0.3, -0.25) is 4.79 Å². The Bertz CT molecular complexity index is 1070. The minimum absolute atomic E-state index is 0.186. The summed E-state index contributed by atoms with van der Waals surface area (Å²) in [5, 5.41) is 4.44. The van der Waals surface area contributed by atoms with Gasteiger partial charge in [-0.2, -0.15) is 9.78 Å². The van der Waals surface area contributed by atoms with Crippen molar-refractivity contribution in [2.45, 2.75) is 23.6 Å². The molecule has 0 amide bonds. The van der Waals surface area contributed by atoms with Crippen LogP contribution < -0.4 is 0 Å². The Hall–Kier alpha value is -2.39. The van der Waals surface area contributed by atoms with Gasteiger partial charge in [0.1, 0.15) is 5.56 Å². The van der Waals surface area contributed by atoms with Gasteiger partial charge in [0.25, 0.3) is 5.91 Å². The highest BCUT2D eigenvalue weighted by molar-refractivity contribution is 7.99. The van der Waals surface area contributed by atoms with Crippen LogP contribution in [0.25, 0.3) is 0 Å². The van der Waals surface area contributed by atoms with Crippen LogP contribution in [0.15, 0.2) is 34.1 Å². The van der Waals surface area contributed by atoms with E-state index in [-0.39, 0.29) is 5.69 Å². The molecule has 28 heavy (non-hydrogen) atoms. The average molecular weight is 433 g/mol. The van der Waals surface area contributed by atoms with E-state index in [9.17, 15) is 26.7 Å². The second-order valence-corrected chi connectivity index (χ2v) is 7.24. The molecular weight excluding hydrogens is 423 g/mol. The lowest BCUT2D eigenvalue weighted by molar-refractivity contribution is 0.0930. The number of aryl methyl sites for hydroxylation is 1. The van der Waals surface area contributed by atoms with E-state index in [1.54, 1.807) is 31.2 Å². The van der Waals surface area contributed by atoms with Crippen molar-refractivity contribution in [3.63, 3.8) is 0 Å². The van der Waals surface area contributed by atoms with Gasteiger partial charge in [0.05, 0.1) is 16.3 Å². The summed E-state index contributed by atoms with van der Waals surface area (Å²) in [5.74, 6) is -12.6. The van der Waals surface area contributed by atoms with Crippen molar-refractivity contribution in [1.82, 2.24) is 9.78 Å². The lowest BCUT2D eigenvalue weighted by Gasteiger charge is -2.09. The summed E-state index contributed by atoms with van der Waals surface area (Å²) in [6.07, 6.45) is 0. The summed E-state index contributed by atoms with van der Waals surface area (Å²) in [5.41, 5.74) is -1.04. The number of aromatic nitrogens is 2. The van der Waals surface area contributed by atoms with Crippen molar-refractivity contribution in [1.29, 1.82) is 0 Å². The average Bonchev–Trinajstić information content (AvgIpc) is 2.94. The van der Waals surface area contributed by atoms with Crippen LogP contribution in [0.4, 0.5) is 22.0 Å². The van der Waals surface area contributed by atoms with Crippen LogP contribution in [0, 0.1) is 42.9 Å². The molecule has 0 atom stereocenters. The third kappa shape index (κ3) is 3.40. The van der Waals surface area contributed by atoms with Gasteiger partial charge >= 0.3 is 0 Å². The highest BCUT2D eigenvalue weighted by atomic mass is 35.5. The topological polar surface area (TPSA) is 34.9 Å². The smallest absolute Gasteiger partial charge is 0.266 e. The lowest BCUT2D eigenvalue weighted by atomic mass is 10.1. The van der Waals surface area contributed by atoms with Crippen molar-refractivity contribution in [3.8, 4) is 0 Å². The van der Waals surface area contributed by atoms with E-state index in [0.29, 0.717) is 20.3 Å². The van der Waals surface area contributed by atoms with Crippen LogP contribution in [-0.2, 0) is 0 Å². The molecule has 0 aliphatic carbocycles. The normalized spacial score (nSPS) is 11.1. The zero-order chi connectivity index (χ0) is 20.7. The Morgan fingerprint density at radius 2 is 1.43 bits per heavy atom. The van der Waals surface area contributed by atoms with E-state index in [4.69, 9.17) is 11.6 Å². The SMILES string of the molecule is Cc1nn(C(=O)c2c(F)c(F)c(F)c(F)c2F)c(C)c1Sc1ccc(Cl)cc1. The quantitative estimate of drug-likeness (QED) is 0.303. The molecule has 0 fully saturated rings. The molecule has 0 saturated heterocycles. The summed E-state index contributed by atoms with van der Waals surface area (Å²) < 4.78 is 68.6. The van der Waals surface area contributed by atoms with E-state index >= 15 is 0 Å². The van der Waals surface area contributed by atoms with Crippen molar-refractivity contribution in [3.05, 3.63) is 75.3 Å². The summed E-state index contributed by atoms with van der Waals surface area (Å²) in [7, 11) is 0. The van der Waals surface area contributed by atoms with Crippen molar-refractivity contribution >= 4 is 29.3 Å². The first-order chi connectivity index (χ1) is 13.1. The monoisotopic (exact) mass is 432 g/mol. The van der Waals surface area contributed by atoms with E-state index < -0.39 is 40.6 Å². The molecule has 0 spiro atoms. The van der Waals surface area contributed by atoms with Crippen LogP contribution in [0.5, 0.6) is 0 Å². The summed E-state index contributed by atoms with van der Waals surface area (Å²) in [6, 6.07) is 6.74. The number of nitrogens with zero attached hydrogens (tertiary/aromatic N) is 2. The fraction of sp³-hybridized carbons (Fsp3) is 0.111. The van der Waals surface area contributed by atoms with Gasteiger partial charge in [0.2, 0.25) is 5.82 Å². The predicted molar refractivity (Wildman–Crippen MR) is 93.2 cm³/mol. The molecule has 0 bridgehead atoms. The fourth-order valence-corrected chi connectivity index (χ4v) is 3.55. The van der Waals surface area contributed by atoms with Gasteiger partial charge in [-0.15, -0.1) is 0 Å². The van der Waals surface area contributed by atoms with Crippen LogP contribution in [0.1, 0.15) is 21.7 Å². The third-order valence-corrected chi connectivity index (χ3v) is 5.43. The first-order valence-corrected chi connectivity index (χ1v) is 8.88. The maximum absolute atomic E-state index is 14.0. The minimum Gasteiger partial charge on any atom is -0.266 e. The van der Waals surface area contributed by atoms with Gasteiger partial charge in [-0.1, -0.05) is 23.4 Å². The Balaban J connectivity index is 2.06. The Labute approximate surface area is 165 Å². The number of carbonyl (C=O) groups excluding carboxylic acids is 1. The second kappa shape index (κ2) is 7.56. The molecular formula is C18H10ClF5N2OS. The van der Waals surface area contributed by atoms with Gasteiger partial charge in [0.15, 0.2) is 23.3 Å². The van der Waals surface area contributed by atoms with Gasteiger partial charge < -0.3 is 0 Å². The number of hydrogen-bond donors (Lipinski definition) is 0. The molecule has 2 aromatic carbocycles. The summed E-state index contributed by atoms with van der Waals surface area (Å²) >= 11 is 7.04. The van der Waals surface area contributed by atoms with Gasteiger partial charge in [-0.05, 0) is 38.1 Å². The van der Waals surface area contributed by atoms with Gasteiger partial charge in [-0.25, -0.2) is 22.0 Å². The Morgan fingerprint density at radius 3 is 1.96 bits per heavy atom. The van der Waals surface area contributed by atoms with E-state index in [0.717, 1.165) is 4.90 Å². The van der Waals surface area contributed by atoms with Crippen LogP contribution in [-0.4, -0.2) is 15.7 Å². The number of halogens is 6. The van der Waals surface area contributed by atoms with Crippen LogP contribution in [0.3, 0.4) is 0 Å². The second-order valence-electron chi connectivity index (χ2n) is 5.72. The highest BCUT2D eigenvalue weighted by Gasteiger charge is 2.32. The van der Waals surface area contributed by atoms with Crippen LogP contribution >= 0.6 is 23.4 Å². The van der Waals surface area contributed by atoms with E-state index in [2.05, 4.69) is 5.10 Å². The molecule has 1 aromatic heterocycles. The van der Waals surface area contributed by atoms with E-state index in [1.807, 2.05) is 0 Å². The summed E-state index contributed by atoms with van der Waals surface area (Å²) in [4.78, 5) is 13.8. The zero-order valence-corrected chi connectivity index (χ0v) is 15.9. The fourth-order valence-electron chi connectivity index (χ4n) is 2.49. The Morgan fingerprint density at radius 1 is 0.929 bits per heavy atom. The molecule has 3 nitrogen and oxygen atoms in total. The molecule has 0 aliphatic rings. The van der Waals surface area contributed by atoms with Crippen LogP contribution in [0.2, 0.25) is 5.02 Å².